The molecule has 0 saturated carbocycles. The molecule has 8 heteroatoms. The smallest absolute Gasteiger partial charge is 0.280 e. The number of H-pyrrole nitrogens is 1. The van der Waals surface area contributed by atoms with Gasteiger partial charge in [0.1, 0.15) is 0 Å². The highest BCUT2D eigenvalue weighted by Crippen LogP contribution is 2.19. The number of rotatable bonds is 3. The lowest BCUT2D eigenvalue weighted by molar-refractivity contribution is 0.236. The van der Waals surface area contributed by atoms with E-state index < -0.39 is 15.8 Å². The molecule has 0 spiro atoms. The van der Waals surface area contributed by atoms with Crippen molar-refractivity contribution < 1.29 is 17.2 Å². The van der Waals surface area contributed by atoms with Gasteiger partial charge in [0.05, 0.1) is 17.1 Å². The highest BCUT2D eigenvalue weighted by atomic mass is 32.2. The van der Waals surface area contributed by atoms with Gasteiger partial charge in [0.25, 0.3) is 10.0 Å². The van der Waals surface area contributed by atoms with Gasteiger partial charge in [-0.1, -0.05) is 0 Å². The first-order chi connectivity index (χ1) is 6.34. The van der Waals surface area contributed by atoms with Crippen LogP contribution in [0.25, 0.3) is 0 Å². The summed E-state index contributed by atoms with van der Waals surface area (Å²) in [6, 6.07) is 0. The number of hydrogen-bond acceptors (Lipinski definition) is 3. The van der Waals surface area contributed by atoms with Crippen LogP contribution in [0.2, 0.25) is 0 Å². The van der Waals surface area contributed by atoms with Crippen LogP contribution in [-0.4, -0.2) is 24.4 Å². The van der Waals surface area contributed by atoms with Gasteiger partial charge in [0.15, 0.2) is 0 Å². The fraction of sp³-hybridized carbons (Fsp3) is 0.500. The van der Waals surface area contributed by atoms with E-state index >= 15 is 0 Å². The van der Waals surface area contributed by atoms with Crippen LogP contribution in [0.3, 0.4) is 0 Å². The van der Waals surface area contributed by atoms with Gasteiger partial charge in [-0.05, 0) is 13.8 Å². The standard InChI is InChI=1S/C6H9F2N3O2S/c1-3-5(4(2)10-9-3)11-14(12,13)6(7)8/h6,11H,1-2H3,(H,9,10). The van der Waals surface area contributed by atoms with E-state index in [1.54, 1.807) is 4.72 Å². The first-order valence-corrected chi connectivity index (χ1v) is 5.20. The average Bonchev–Trinajstić information content (AvgIpc) is 2.35. The zero-order valence-electron chi connectivity index (χ0n) is 7.51. The molecule has 0 saturated heterocycles. The molecule has 14 heavy (non-hydrogen) atoms. The van der Waals surface area contributed by atoms with E-state index in [0.717, 1.165) is 0 Å². The van der Waals surface area contributed by atoms with E-state index in [1.165, 1.54) is 13.8 Å². The maximum absolute atomic E-state index is 12.0. The van der Waals surface area contributed by atoms with Crippen LogP contribution in [0.15, 0.2) is 0 Å². The van der Waals surface area contributed by atoms with Gasteiger partial charge in [-0.3, -0.25) is 9.82 Å². The molecule has 0 bridgehead atoms. The Morgan fingerprint density at radius 1 is 1.43 bits per heavy atom. The molecule has 1 rings (SSSR count). The van der Waals surface area contributed by atoms with Crippen LogP contribution in [0.5, 0.6) is 0 Å². The number of nitrogens with zero attached hydrogens (tertiary/aromatic N) is 1. The van der Waals surface area contributed by atoms with Gasteiger partial charge >= 0.3 is 5.76 Å². The third-order valence-corrected chi connectivity index (χ3v) is 2.56. The summed E-state index contributed by atoms with van der Waals surface area (Å²) < 4.78 is 47.3. The van der Waals surface area contributed by atoms with Crippen molar-refractivity contribution in [2.75, 3.05) is 4.72 Å². The zero-order valence-corrected chi connectivity index (χ0v) is 8.32. The van der Waals surface area contributed by atoms with Gasteiger partial charge in [-0.25, -0.2) is 8.42 Å². The number of halogens is 2. The van der Waals surface area contributed by atoms with Crippen LogP contribution in [0, 0.1) is 13.8 Å². The molecular formula is C6H9F2N3O2S. The molecule has 0 aliphatic heterocycles. The average molecular weight is 225 g/mol. The molecule has 1 aromatic rings. The summed E-state index contributed by atoms with van der Waals surface area (Å²) in [4.78, 5) is 0. The number of sulfonamides is 1. The van der Waals surface area contributed by atoms with Crippen molar-refractivity contribution in [3.63, 3.8) is 0 Å². The molecule has 80 valence electrons. The van der Waals surface area contributed by atoms with Crippen LogP contribution in [0.4, 0.5) is 14.5 Å². The molecule has 0 fully saturated rings. The lowest BCUT2D eigenvalue weighted by atomic mass is 10.3. The molecule has 0 radical (unpaired) electrons. The molecular weight excluding hydrogens is 216 g/mol. The summed E-state index contributed by atoms with van der Waals surface area (Å²) in [7, 11) is -4.61. The normalized spacial score (nSPS) is 12.1. The minimum absolute atomic E-state index is 0.0744. The van der Waals surface area contributed by atoms with Gasteiger partial charge in [0.2, 0.25) is 0 Å². The van der Waals surface area contributed by atoms with E-state index in [-0.39, 0.29) is 5.69 Å². The molecule has 0 amide bonds. The minimum Gasteiger partial charge on any atom is -0.280 e. The Hall–Kier alpha value is -1.18. The topological polar surface area (TPSA) is 74.8 Å². The van der Waals surface area contributed by atoms with Crippen LogP contribution in [0.1, 0.15) is 11.4 Å². The van der Waals surface area contributed by atoms with Gasteiger partial charge in [0, 0.05) is 0 Å². The maximum Gasteiger partial charge on any atom is 0.355 e. The van der Waals surface area contributed by atoms with Crippen LogP contribution >= 0.6 is 0 Å². The van der Waals surface area contributed by atoms with Crippen molar-refractivity contribution in [1.82, 2.24) is 10.2 Å². The first-order valence-electron chi connectivity index (χ1n) is 3.66. The monoisotopic (exact) mass is 225 g/mol. The molecule has 0 aliphatic rings. The lowest BCUT2D eigenvalue weighted by Crippen LogP contribution is -2.21. The summed E-state index contributed by atoms with van der Waals surface area (Å²) in [6.07, 6.45) is 0. The van der Waals surface area contributed by atoms with Gasteiger partial charge in [-0.15, -0.1) is 0 Å². The molecule has 5 nitrogen and oxygen atoms in total. The SMILES string of the molecule is Cc1n[nH]c(C)c1NS(=O)(=O)C(F)F. The van der Waals surface area contributed by atoms with Crippen molar-refractivity contribution in [2.45, 2.75) is 19.6 Å². The van der Waals surface area contributed by atoms with E-state index in [9.17, 15) is 17.2 Å². The summed E-state index contributed by atoms with van der Waals surface area (Å²) in [6.45, 7) is 3.04. The molecule has 0 atom stereocenters. The Balaban J connectivity index is 3.01. The largest absolute Gasteiger partial charge is 0.355 e. The number of anilines is 1. The second-order valence-electron chi connectivity index (χ2n) is 2.72. The Morgan fingerprint density at radius 2 is 2.00 bits per heavy atom. The fourth-order valence-corrected chi connectivity index (χ4v) is 1.56. The Bertz CT molecular complexity index is 407. The van der Waals surface area contributed by atoms with Crippen molar-refractivity contribution >= 4 is 15.7 Å². The highest BCUT2D eigenvalue weighted by Gasteiger charge is 2.25. The fourth-order valence-electron chi connectivity index (χ4n) is 0.888. The van der Waals surface area contributed by atoms with Crippen LogP contribution < -0.4 is 4.72 Å². The third-order valence-electron chi connectivity index (χ3n) is 1.61. The second-order valence-corrected chi connectivity index (χ2v) is 4.37. The number of hydrogen-bond donors (Lipinski definition) is 2. The van der Waals surface area contributed by atoms with E-state index in [4.69, 9.17) is 0 Å². The molecule has 0 unspecified atom stereocenters. The van der Waals surface area contributed by atoms with E-state index in [0.29, 0.717) is 11.4 Å². The number of alkyl halides is 2. The second kappa shape index (κ2) is 3.52. The predicted octanol–water partition coefficient (Wildman–Crippen LogP) is 0.991. The first kappa shape index (κ1) is 10.9. The number of aromatic amines is 1. The van der Waals surface area contributed by atoms with E-state index in [2.05, 4.69) is 10.2 Å². The maximum atomic E-state index is 12.0. The molecule has 1 aromatic heterocycles. The Labute approximate surface area is 79.6 Å². The molecule has 2 N–H and O–H groups in total. The van der Waals surface area contributed by atoms with E-state index in [1.807, 2.05) is 0 Å². The van der Waals surface area contributed by atoms with Crippen molar-refractivity contribution in [3.8, 4) is 0 Å². The van der Waals surface area contributed by atoms with Crippen molar-refractivity contribution in [1.29, 1.82) is 0 Å². The predicted molar refractivity (Wildman–Crippen MR) is 46.6 cm³/mol. The van der Waals surface area contributed by atoms with Crippen molar-refractivity contribution in [3.05, 3.63) is 11.4 Å². The Morgan fingerprint density at radius 3 is 2.36 bits per heavy atom. The number of aromatic nitrogens is 2. The van der Waals surface area contributed by atoms with Gasteiger partial charge in [-0.2, -0.15) is 13.9 Å². The summed E-state index contributed by atoms with van der Waals surface area (Å²) in [5, 5.41) is 6.14. The summed E-state index contributed by atoms with van der Waals surface area (Å²) in [5.74, 6) is -3.45. The van der Waals surface area contributed by atoms with Crippen molar-refractivity contribution in [2.24, 2.45) is 0 Å². The quantitative estimate of drug-likeness (QED) is 0.805. The summed E-state index contributed by atoms with van der Waals surface area (Å²) >= 11 is 0. The Kier molecular flexibility index (Phi) is 2.74. The third kappa shape index (κ3) is 2.00. The summed E-state index contributed by atoms with van der Waals surface area (Å²) in [5.41, 5.74) is 0.795. The molecule has 1 heterocycles. The van der Waals surface area contributed by atoms with Crippen LogP contribution in [-0.2, 0) is 10.0 Å². The molecule has 0 aliphatic carbocycles. The highest BCUT2D eigenvalue weighted by molar-refractivity contribution is 7.93. The zero-order chi connectivity index (χ0) is 10.9. The molecule has 0 aromatic carbocycles. The number of nitrogens with one attached hydrogen (secondary N) is 2. The lowest BCUT2D eigenvalue weighted by Gasteiger charge is -2.06. The number of aryl methyl sites for hydroxylation is 2. The minimum atomic E-state index is -4.61. The van der Waals surface area contributed by atoms with Gasteiger partial charge < -0.3 is 0 Å².